The standard InChI is InChI=1S/C19H18F3N3O3/c1-12(24-28-14-8-6-7-13(11-14)19(20,21)22)15-9-4-5-10-16(15)17(25-27-3)18(26)23-2/h4-11H,1-3H3,(H,23,26). The summed E-state index contributed by atoms with van der Waals surface area (Å²) < 4.78 is 38.4. The lowest BCUT2D eigenvalue weighted by Crippen LogP contribution is -2.29. The molecule has 0 spiro atoms. The summed E-state index contributed by atoms with van der Waals surface area (Å²) in [5, 5.41) is 10.1. The second-order valence-electron chi connectivity index (χ2n) is 5.54. The van der Waals surface area contributed by atoms with Gasteiger partial charge < -0.3 is 15.0 Å². The summed E-state index contributed by atoms with van der Waals surface area (Å²) in [6.07, 6.45) is -4.48. The molecule has 2 rings (SSSR count). The smallest absolute Gasteiger partial charge is 0.398 e. The zero-order chi connectivity index (χ0) is 20.7. The fourth-order valence-corrected chi connectivity index (χ4v) is 2.33. The van der Waals surface area contributed by atoms with Gasteiger partial charge >= 0.3 is 6.18 Å². The van der Waals surface area contributed by atoms with Gasteiger partial charge in [0, 0.05) is 18.2 Å². The summed E-state index contributed by atoms with van der Waals surface area (Å²) in [7, 11) is 2.76. The Hall–Kier alpha value is -3.36. The highest BCUT2D eigenvalue weighted by Gasteiger charge is 2.30. The van der Waals surface area contributed by atoms with Crippen LogP contribution in [0.4, 0.5) is 13.2 Å². The van der Waals surface area contributed by atoms with Crippen LogP contribution in [0.15, 0.2) is 58.8 Å². The maximum absolute atomic E-state index is 12.8. The van der Waals surface area contributed by atoms with Crippen molar-refractivity contribution in [1.29, 1.82) is 0 Å². The van der Waals surface area contributed by atoms with E-state index in [1.807, 2.05) is 0 Å². The van der Waals surface area contributed by atoms with E-state index in [4.69, 9.17) is 9.68 Å². The zero-order valence-corrected chi connectivity index (χ0v) is 15.4. The van der Waals surface area contributed by atoms with E-state index in [1.165, 1.54) is 26.3 Å². The number of amides is 1. The fraction of sp³-hybridized carbons (Fsp3) is 0.211. The Balaban J connectivity index is 2.36. The molecule has 2 aromatic carbocycles. The molecule has 6 nitrogen and oxygen atoms in total. The van der Waals surface area contributed by atoms with Gasteiger partial charge in [0.25, 0.3) is 5.91 Å². The summed E-state index contributed by atoms with van der Waals surface area (Å²) in [5.41, 5.74) is 0.453. The van der Waals surface area contributed by atoms with E-state index in [9.17, 15) is 18.0 Å². The molecule has 148 valence electrons. The van der Waals surface area contributed by atoms with Gasteiger partial charge in [-0.3, -0.25) is 4.79 Å². The lowest BCUT2D eigenvalue weighted by molar-refractivity contribution is -0.137. The van der Waals surface area contributed by atoms with Gasteiger partial charge in [-0.05, 0) is 25.1 Å². The number of oxime groups is 2. The Bertz CT molecular complexity index is 909. The van der Waals surface area contributed by atoms with Gasteiger partial charge in [0.1, 0.15) is 7.11 Å². The van der Waals surface area contributed by atoms with Crippen LogP contribution in [0.25, 0.3) is 0 Å². The van der Waals surface area contributed by atoms with E-state index in [-0.39, 0.29) is 11.5 Å². The predicted octanol–water partition coefficient (Wildman–Crippen LogP) is 3.60. The molecule has 0 saturated heterocycles. The summed E-state index contributed by atoms with van der Waals surface area (Å²) in [6.45, 7) is 1.60. The second kappa shape index (κ2) is 9.03. The van der Waals surface area contributed by atoms with Gasteiger partial charge in [0.2, 0.25) is 0 Å². The number of carbonyl (C=O) groups is 1. The molecule has 28 heavy (non-hydrogen) atoms. The molecule has 0 aromatic heterocycles. The number of halogens is 3. The van der Waals surface area contributed by atoms with Crippen LogP contribution < -0.4 is 10.2 Å². The number of benzene rings is 2. The lowest BCUT2D eigenvalue weighted by Gasteiger charge is -2.11. The summed E-state index contributed by atoms with van der Waals surface area (Å²) >= 11 is 0. The van der Waals surface area contributed by atoms with Gasteiger partial charge in [-0.2, -0.15) is 13.2 Å². The molecular formula is C19H18F3N3O3. The quantitative estimate of drug-likeness (QED) is 0.602. The van der Waals surface area contributed by atoms with Crippen LogP contribution >= 0.6 is 0 Å². The third kappa shape index (κ3) is 5.09. The minimum Gasteiger partial charge on any atom is -0.398 e. The Labute approximate surface area is 159 Å². The highest BCUT2D eigenvalue weighted by molar-refractivity contribution is 6.46. The van der Waals surface area contributed by atoms with Crippen molar-refractivity contribution in [3.05, 3.63) is 65.2 Å². The number of nitrogens with one attached hydrogen (secondary N) is 1. The molecule has 1 N–H and O–H groups in total. The molecule has 2 aromatic rings. The van der Waals surface area contributed by atoms with Crippen molar-refractivity contribution in [2.45, 2.75) is 13.1 Å². The first-order valence-corrected chi connectivity index (χ1v) is 8.09. The topological polar surface area (TPSA) is 72.3 Å². The molecule has 1 amide bonds. The number of carbonyl (C=O) groups excluding carboxylic acids is 1. The molecule has 0 unspecified atom stereocenters. The molecule has 0 atom stereocenters. The van der Waals surface area contributed by atoms with Gasteiger partial charge in [-0.25, -0.2) is 0 Å². The number of rotatable bonds is 6. The lowest BCUT2D eigenvalue weighted by atomic mass is 9.99. The molecule has 0 radical (unpaired) electrons. The molecule has 0 bridgehead atoms. The Morgan fingerprint density at radius 3 is 2.32 bits per heavy atom. The molecule has 0 fully saturated rings. The van der Waals surface area contributed by atoms with Crippen molar-refractivity contribution >= 4 is 17.3 Å². The number of nitrogens with zero attached hydrogens (tertiary/aromatic N) is 2. The average Bonchev–Trinajstić information content (AvgIpc) is 2.69. The van der Waals surface area contributed by atoms with Crippen molar-refractivity contribution in [1.82, 2.24) is 5.32 Å². The molecule has 0 aliphatic heterocycles. The van der Waals surface area contributed by atoms with Gasteiger partial charge in [-0.15, -0.1) is 0 Å². The highest BCUT2D eigenvalue weighted by atomic mass is 19.4. The minimum absolute atomic E-state index is 0.0224. The second-order valence-corrected chi connectivity index (χ2v) is 5.54. The van der Waals surface area contributed by atoms with Crippen LogP contribution in [0.3, 0.4) is 0 Å². The van der Waals surface area contributed by atoms with Crippen LogP contribution in [0.2, 0.25) is 0 Å². The Morgan fingerprint density at radius 2 is 1.71 bits per heavy atom. The summed E-state index contributed by atoms with van der Waals surface area (Å²) in [5.74, 6) is -0.537. The molecule has 0 saturated carbocycles. The molecular weight excluding hydrogens is 375 g/mol. The summed E-state index contributed by atoms with van der Waals surface area (Å²) in [4.78, 5) is 22.0. The van der Waals surface area contributed by atoms with Gasteiger partial charge in [-0.1, -0.05) is 40.6 Å². The number of hydrogen-bond acceptors (Lipinski definition) is 5. The largest absolute Gasteiger partial charge is 0.416 e. The monoisotopic (exact) mass is 393 g/mol. The van der Waals surface area contributed by atoms with Crippen LogP contribution in [0, 0.1) is 0 Å². The van der Waals surface area contributed by atoms with Crippen molar-refractivity contribution in [2.75, 3.05) is 14.2 Å². The van der Waals surface area contributed by atoms with Crippen LogP contribution in [-0.4, -0.2) is 31.5 Å². The molecule has 0 heterocycles. The minimum atomic E-state index is -4.48. The first-order chi connectivity index (χ1) is 13.3. The Kier molecular flexibility index (Phi) is 6.75. The van der Waals surface area contributed by atoms with E-state index < -0.39 is 17.6 Å². The normalized spacial score (nSPS) is 12.5. The van der Waals surface area contributed by atoms with E-state index >= 15 is 0 Å². The van der Waals surface area contributed by atoms with Crippen molar-refractivity contribution in [3.8, 4) is 5.75 Å². The van der Waals surface area contributed by atoms with Crippen molar-refractivity contribution in [3.63, 3.8) is 0 Å². The van der Waals surface area contributed by atoms with E-state index in [2.05, 4.69) is 15.6 Å². The molecule has 0 aliphatic carbocycles. The van der Waals surface area contributed by atoms with Crippen molar-refractivity contribution < 1.29 is 27.6 Å². The van der Waals surface area contributed by atoms with Gasteiger partial charge in [0.15, 0.2) is 11.5 Å². The third-order valence-corrected chi connectivity index (χ3v) is 3.65. The fourth-order valence-electron chi connectivity index (χ4n) is 2.33. The first kappa shape index (κ1) is 20.9. The number of alkyl halides is 3. The maximum atomic E-state index is 12.8. The number of likely N-dealkylation sites (N-methyl/N-ethyl adjacent to an activating group) is 1. The zero-order valence-electron chi connectivity index (χ0n) is 15.4. The SMILES string of the molecule is CNC(=O)C(=NOC)c1ccccc1C(C)=NOc1cccc(C(F)(F)F)c1. The summed E-state index contributed by atoms with van der Waals surface area (Å²) in [6, 6.07) is 11.1. The highest BCUT2D eigenvalue weighted by Crippen LogP contribution is 2.31. The van der Waals surface area contributed by atoms with E-state index in [0.29, 0.717) is 16.8 Å². The maximum Gasteiger partial charge on any atom is 0.416 e. The first-order valence-electron chi connectivity index (χ1n) is 8.09. The third-order valence-electron chi connectivity index (χ3n) is 3.65. The van der Waals surface area contributed by atoms with Crippen LogP contribution in [0.1, 0.15) is 23.6 Å². The predicted molar refractivity (Wildman–Crippen MR) is 98.3 cm³/mol. The number of hydrogen-bond donors (Lipinski definition) is 1. The average molecular weight is 393 g/mol. The van der Waals surface area contributed by atoms with E-state index in [0.717, 1.165) is 12.1 Å². The van der Waals surface area contributed by atoms with Crippen molar-refractivity contribution in [2.24, 2.45) is 10.3 Å². The van der Waals surface area contributed by atoms with E-state index in [1.54, 1.807) is 31.2 Å². The molecule has 9 heteroatoms. The Morgan fingerprint density at radius 1 is 1.04 bits per heavy atom. The van der Waals surface area contributed by atoms with Gasteiger partial charge in [0.05, 0.1) is 11.3 Å². The molecule has 0 aliphatic rings. The van der Waals surface area contributed by atoms with Crippen LogP contribution in [0.5, 0.6) is 5.75 Å². The van der Waals surface area contributed by atoms with Crippen LogP contribution in [-0.2, 0) is 15.8 Å².